The monoisotopic (exact) mass is 197 g/mol. The molecule has 0 saturated carbocycles. The van der Waals surface area contributed by atoms with Gasteiger partial charge in [0.05, 0.1) is 6.26 Å². The van der Waals surface area contributed by atoms with Gasteiger partial charge in [-0.05, 0) is 23.6 Å². The Morgan fingerprint density at radius 2 is 1.87 bits per heavy atom. The quantitative estimate of drug-likeness (QED) is 0.683. The molecular weight excluding hydrogens is 184 g/mol. The van der Waals surface area contributed by atoms with Crippen molar-refractivity contribution in [2.75, 3.05) is 0 Å². The summed E-state index contributed by atoms with van der Waals surface area (Å²) in [5.41, 5.74) is 3.08. The molecule has 2 rings (SSSR count). The summed E-state index contributed by atoms with van der Waals surface area (Å²) in [6.45, 7) is 3.85. The summed E-state index contributed by atoms with van der Waals surface area (Å²) in [5.74, 6) is 0.153. The maximum atomic E-state index is 9.12. The average molecular weight is 197 g/mol. The molecule has 1 atom stereocenters. The first kappa shape index (κ1) is 9.78. The molecule has 1 unspecified atom stereocenters. The van der Waals surface area contributed by atoms with E-state index in [0.717, 1.165) is 11.1 Å². The van der Waals surface area contributed by atoms with Gasteiger partial charge in [-0.1, -0.05) is 48.6 Å². The van der Waals surface area contributed by atoms with Crippen molar-refractivity contribution in [3.63, 3.8) is 0 Å². The first-order valence-corrected chi connectivity index (χ1v) is 4.92. The van der Waals surface area contributed by atoms with Crippen LogP contribution in [0.4, 0.5) is 0 Å². The molecule has 0 bridgehead atoms. The van der Waals surface area contributed by atoms with Gasteiger partial charge in [-0.2, -0.15) is 0 Å². The van der Waals surface area contributed by atoms with Crippen LogP contribution in [0.3, 0.4) is 0 Å². The first-order chi connectivity index (χ1) is 7.31. The van der Waals surface area contributed by atoms with Crippen molar-refractivity contribution in [1.82, 2.24) is 0 Å². The fourth-order valence-electron chi connectivity index (χ4n) is 1.71. The van der Waals surface area contributed by atoms with E-state index >= 15 is 0 Å². The summed E-state index contributed by atoms with van der Waals surface area (Å²) < 4.78 is 0. The molecular formula is C14H13O. The molecule has 1 aliphatic carbocycles. The second kappa shape index (κ2) is 4.18. The normalized spacial score (nSPS) is 22.2. The molecule has 0 aliphatic heterocycles. The van der Waals surface area contributed by atoms with Gasteiger partial charge in [0.25, 0.3) is 0 Å². The zero-order valence-corrected chi connectivity index (χ0v) is 8.43. The smallest absolute Gasteiger partial charge is 0.0833 e. The highest BCUT2D eigenvalue weighted by Crippen LogP contribution is 2.29. The lowest BCUT2D eigenvalue weighted by atomic mass is 9.88. The molecule has 0 saturated heterocycles. The summed E-state index contributed by atoms with van der Waals surface area (Å²) in [6, 6.07) is 8.05. The Kier molecular flexibility index (Phi) is 2.72. The van der Waals surface area contributed by atoms with Gasteiger partial charge >= 0.3 is 0 Å². The van der Waals surface area contributed by atoms with Gasteiger partial charge in [0, 0.05) is 5.92 Å². The van der Waals surface area contributed by atoms with Crippen LogP contribution < -0.4 is 0 Å². The van der Waals surface area contributed by atoms with Crippen LogP contribution >= 0.6 is 0 Å². The number of hydrogen-bond donors (Lipinski definition) is 1. The molecule has 0 heterocycles. The second-order valence-corrected chi connectivity index (χ2v) is 3.59. The number of allylic oxidation sites excluding steroid dienone is 5. The van der Waals surface area contributed by atoms with Crippen LogP contribution in [0.15, 0.2) is 60.4 Å². The molecule has 75 valence electrons. The van der Waals surface area contributed by atoms with E-state index in [4.69, 9.17) is 5.11 Å². The third kappa shape index (κ3) is 2.01. The van der Waals surface area contributed by atoms with E-state index in [0.29, 0.717) is 0 Å². The molecule has 15 heavy (non-hydrogen) atoms. The summed E-state index contributed by atoms with van der Waals surface area (Å²) in [4.78, 5) is 0. The van der Waals surface area contributed by atoms with Crippen LogP contribution in [0, 0.1) is 6.92 Å². The highest BCUT2D eigenvalue weighted by molar-refractivity contribution is 5.43. The van der Waals surface area contributed by atoms with Crippen molar-refractivity contribution in [3.8, 4) is 0 Å². The van der Waals surface area contributed by atoms with Gasteiger partial charge in [0.15, 0.2) is 0 Å². The van der Waals surface area contributed by atoms with Crippen LogP contribution in [-0.4, -0.2) is 5.11 Å². The molecule has 1 radical (unpaired) electrons. The predicted molar refractivity (Wildman–Crippen MR) is 62.6 cm³/mol. The lowest BCUT2D eigenvalue weighted by Gasteiger charge is -2.16. The lowest BCUT2D eigenvalue weighted by molar-refractivity contribution is 0.466. The Bertz CT molecular complexity index is 421. The molecule has 1 aromatic carbocycles. The zero-order valence-electron chi connectivity index (χ0n) is 8.43. The maximum absolute atomic E-state index is 9.12. The second-order valence-electron chi connectivity index (χ2n) is 3.59. The van der Waals surface area contributed by atoms with Crippen molar-refractivity contribution in [1.29, 1.82) is 0 Å². The Labute approximate surface area is 90.1 Å². The van der Waals surface area contributed by atoms with Crippen molar-refractivity contribution >= 4 is 0 Å². The summed E-state index contributed by atoms with van der Waals surface area (Å²) in [6.07, 6.45) is 9.08. The Balaban J connectivity index is 2.34. The zero-order chi connectivity index (χ0) is 10.7. The minimum atomic E-state index is 0.153. The Morgan fingerprint density at radius 3 is 2.53 bits per heavy atom. The number of benzene rings is 1. The third-order valence-electron chi connectivity index (χ3n) is 2.55. The molecule has 1 nitrogen and oxygen atoms in total. The highest BCUT2D eigenvalue weighted by Gasteiger charge is 2.13. The van der Waals surface area contributed by atoms with E-state index in [1.807, 2.05) is 42.5 Å². The summed E-state index contributed by atoms with van der Waals surface area (Å²) in [5, 5.41) is 9.12. The minimum Gasteiger partial charge on any atom is -0.515 e. The highest BCUT2D eigenvalue weighted by atomic mass is 16.2. The van der Waals surface area contributed by atoms with E-state index in [1.54, 1.807) is 0 Å². The van der Waals surface area contributed by atoms with Gasteiger partial charge in [-0.25, -0.2) is 0 Å². The van der Waals surface area contributed by atoms with Gasteiger partial charge in [0.1, 0.15) is 0 Å². The molecule has 0 spiro atoms. The van der Waals surface area contributed by atoms with Crippen LogP contribution in [0.2, 0.25) is 0 Å². The number of rotatable bonds is 1. The van der Waals surface area contributed by atoms with Gasteiger partial charge in [-0.3, -0.25) is 0 Å². The van der Waals surface area contributed by atoms with Crippen molar-refractivity contribution in [2.45, 2.75) is 5.92 Å². The molecule has 1 aliphatic rings. The van der Waals surface area contributed by atoms with Crippen molar-refractivity contribution < 1.29 is 5.11 Å². The topological polar surface area (TPSA) is 20.2 Å². The van der Waals surface area contributed by atoms with E-state index in [-0.39, 0.29) is 5.92 Å². The van der Waals surface area contributed by atoms with Crippen LogP contribution in [0.5, 0.6) is 0 Å². The number of hydrogen-bond acceptors (Lipinski definition) is 1. The van der Waals surface area contributed by atoms with Crippen LogP contribution in [-0.2, 0) is 0 Å². The summed E-state index contributed by atoms with van der Waals surface area (Å²) >= 11 is 0. The lowest BCUT2D eigenvalue weighted by Crippen LogP contribution is -2.00. The van der Waals surface area contributed by atoms with E-state index in [1.165, 1.54) is 11.8 Å². The Hall–Kier alpha value is -1.76. The standard InChI is InChI=1S/C14H13O/c1-11-6-8-12(9-7-11)14-5-3-2-4-13(14)10-15/h2-10,14-15H,1H2/b13-10+. The van der Waals surface area contributed by atoms with E-state index in [9.17, 15) is 0 Å². The average Bonchev–Trinajstić information content (AvgIpc) is 2.30. The minimum absolute atomic E-state index is 0.153. The molecule has 0 amide bonds. The molecule has 0 aromatic heterocycles. The van der Waals surface area contributed by atoms with Gasteiger partial charge in [-0.15, -0.1) is 0 Å². The first-order valence-electron chi connectivity index (χ1n) is 4.92. The fraction of sp³-hybridized carbons (Fsp3) is 0.0714. The largest absolute Gasteiger partial charge is 0.515 e. The van der Waals surface area contributed by atoms with E-state index < -0.39 is 0 Å². The van der Waals surface area contributed by atoms with Crippen LogP contribution in [0.25, 0.3) is 0 Å². The fourth-order valence-corrected chi connectivity index (χ4v) is 1.71. The predicted octanol–water partition coefficient (Wildman–Crippen LogP) is 3.52. The third-order valence-corrected chi connectivity index (χ3v) is 2.55. The Morgan fingerprint density at radius 1 is 1.13 bits per heavy atom. The van der Waals surface area contributed by atoms with Gasteiger partial charge in [0.2, 0.25) is 0 Å². The molecule has 1 heteroatoms. The molecule has 1 N–H and O–H groups in total. The van der Waals surface area contributed by atoms with Crippen molar-refractivity contribution in [2.24, 2.45) is 0 Å². The number of aliphatic hydroxyl groups excluding tert-OH is 1. The molecule has 0 fully saturated rings. The maximum Gasteiger partial charge on any atom is 0.0833 e. The molecule has 1 aromatic rings. The van der Waals surface area contributed by atoms with Crippen LogP contribution in [0.1, 0.15) is 17.0 Å². The van der Waals surface area contributed by atoms with Crippen molar-refractivity contribution in [3.05, 3.63) is 78.5 Å². The van der Waals surface area contributed by atoms with E-state index in [2.05, 4.69) is 13.0 Å². The summed E-state index contributed by atoms with van der Waals surface area (Å²) in [7, 11) is 0. The van der Waals surface area contributed by atoms with Gasteiger partial charge < -0.3 is 5.11 Å². The SMILES string of the molecule is [CH2]c1ccc(C2C=CC=C/C2=C\O)cc1. The number of aliphatic hydroxyl groups is 1.